The van der Waals surface area contributed by atoms with Crippen LogP contribution in [0, 0.1) is 0 Å². The molecule has 2 unspecified atom stereocenters. The molecule has 0 spiro atoms. The Balaban J connectivity index is 2.96. The fourth-order valence-electron chi connectivity index (χ4n) is 2.91. The first-order valence-corrected chi connectivity index (χ1v) is 10.4. The number of hydrogen-bond donors (Lipinski definition) is 2. The number of methoxy groups -OCH3 is 1. The topological polar surface area (TPSA) is 114 Å². The van der Waals surface area contributed by atoms with Crippen molar-refractivity contribution in [2.24, 2.45) is 4.36 Å². The molecule has 8 nitrogen and oxygen atoms in total. The number of carbonyl (C=O) groups is 2. The van der Waals surface area contributed by atoms with E-state index in [1.165, 1.54) is 7.05 Å². The van der Waals surface area contributed by atoms with Crippen LogP contribution >= 0.6 is 0 Å². The lowest BCUT2D eigenvalue weighted by Gasteiger charge is -2.19. The number of unbranched alkanes of at least 4 members (excludes halogenated alkanes) is 2. The normalized spacial score (nSPS) is 12.5. The van der Waals surface area contributed by atoms with Crippen LogP contribution in [0.2, 0.25) is 0 Å². The maximum absolute atomic E-state index is 12.6. The second-order valence-electron chi connectivity index (χ2n) is 6.44. The number of nitrogens with zero attached hydrogens (tertiary/aromatic N) is 1. The summed E-state index contributed by atoms with van der Waals surface area (Å²) in [6.07, 6.45) is 4.34. The molecule has 0 aliphatic rings. The first kappa shape index (κ1) is 23.6. The van der Waals surface area contributed by atoms with E-state index in [1.54, 1.807) is 31.4 Å². The minimum Gasteiger partial charge on any atom is -0.497 e. The van der Waals surface area contributed by atoms with E-state index >= 15 is 0 Å². The SMILES string of the molecule is CCCCCC(CCC(C(=O)NC(=O)NC)c1ccc(OC)cc1)N=S(=O)=O. The van der Waals surface area contributed by atoms with Crippen molar-refractivity contribution in [3.8, 4) is 5.75 Å². The zero-order valence-corrected chi connectivity index (χ0v) is 17.4. The summed E-state index contributed by atoms with van der Waals surface area (Å²) in [5.41, 5.74) is 0.720. The third kappa shape index (κ3) is 8.51. The number of hydrogen-bond acceptors (Lipinski definition) is 6. The van der Waals surface area contributed by atoms with Gasteiger partial charge in [0.2, 0.25) is 5.91 Å². The van der Waals surface area contributed by atoms with E-state index in [4.69, 9.17) is 4.74 Å². The summed E-state index contributed by atoms with van der Waals surface area (Å²) in [6, 6.07) is 6.05. The van der Waals surface area contributed by atoms with Crippen LogP contribution in [0.1, 0.15) is 56.9 Å². The molecule has 0 saturated carbocycles. The molecule has 1 aromatic carbocycles. The highest BCUT2D eigenvalue weighted by atomic mass is 32.2. The summed E-state index contributed by atoms with van der Waals surface area (Å²) < 4.78 is 31.0. The van der Waals surface area contributed by atoms with Gasteiger partial charge < -0.3 is 10.1 Å². The van der Waals surface area contributed by atoms with Crippen molar-refractivity contribution in [2.75, 3.05) is 14.2 Å². The van der Waals surface area contributed by atoms with Crippen molar-refractivity contribution in [1.82, 2.24) is 10.6 Å². The van der Waals surface area contributed by atoms with E-state index in [0.29, 0.717) is 25.0 Å². The van der Waals surface area contributed by atoms with Crippen LogP contribution in [0.3, 0.4) is 0 Å². The second-order valence-corrected chi connectivity index (χ2v) is 7.09. The summed E-state index contributed by atoms with van der Waals surface area (Å²) in [5.74, 6) is -0.393. The summed E-state index contributed by atoms with van der Waals surface area (Å²) in [7, 11) is 0.488. The van der Waals surface area contributed by atoms with E-state index in [2.05, 4.69) is 21.9 Å². The molecular formula is C19H29N3O5S. The van der Waals surface area contributed by atoms with Gasteiger partial charge in [0.25, 0.3) is 0 Å². The molecule has 0 saturated heterocycles. The number of imide groups is 1. The Hall–Kier alpha value is -2.42. The lowest BCUT2D eigenvalue weighted by atomic mass is 9.90. The molecule has 1 aromatic rings. The summed E-state index contributed by atoms with van der Waals surface area (Å²) in [5, 5.41) is 4.66. The molecule has 0 fully saturated rings. The smallest absolute Gasteiger partial charge is 0.321 e. The maximum atomic E-state index is 12.6. The zero-order valence-electron chi connectivity index (χ0n) is 16.6. The first-order valence-electron chi connectivity index (χ1n) is 9.38. The van der Waals surface area contributed by atoms with E-state index in [-0.39, 0.29) is 6.04 Å². The van der Waals surface area contributed by atoms with Crippen molar-refractivity contribution in [1.29, 1.82) is 0 Å². The zero-order chi connectivity index (χ0) is 20.9. The Bertz CT molecular complexity index is 754. The van der Waals surface area contributed by atoms with Crippen LogP contribution < -0.4 is 15.4 Å². The molecular weight excluding hydrogens is 382 g/mol. The summed E-state index contributed by atoms with van der Waals surface area (Å²) in [6.45, 7) is 2.07. The monoisotopic (exact) mass is 411 g/mol. The minimum atomic E-state index is -2.49. The second kappa shape index (κ2) is 12.9. The minimum absolute atomic E-state index is 0.368. The van der Waals surface area contributed by atoms with Gasteiger partial charge >= 0.3 is 16.5 Å². The van der Waals surface area contributed by atoms with Gasteiger partial charge in [0.15, 0.2) is 0 Å². The molecule has 0 aliphatic carbocycles. The molecule has 2 N–H and O–H groups in total. The summed E-state index contributed by atoms with van der Waals surface area (Å²) in [4.78, 5) is 24.2. The molecule has 28 heavy (non-hydrogen) atoms. The van der Waals surface area contributed by atoms with Crippen LogP contribution in [-0.4, -0.2) is 40.6 Å². The average molecular weight is 412 g/mol. The van der Waals surface area contributed by atoms with Gasteiger partial charge in [-0.2, -0.15) is 12.8 Å². The number of nitrogens with one attached hydrogen (secondary N) is 2. The molecule has 2 atom stereocenters. The van der Waals surface area contributed by atoms with Crippen LogP contribution in [0.15, 0.2) is 28.6 Å². The third-order valence-corrected chi connectivity index (χ3v) is 4.93. The Morgan fingerprint density at radius 3 is 2.32 bits per heavy atom. The lowest BCUT2D eigenvalue weighted by Crippen LogP contribution is -2.40. The molecule has 3 amide bonds. The van der Waals surface area contributed by atoms with Gasteiger partial charge in [-0.1, -0.05) is 38.3 Å². The number of ether oxygens (including phenoxy) is 1. The van der Waals surface area contributed by atoms with Gasteiger partial charge in [-0.15, -0.1) is 0 Å². The van der Waals surface area contributed by atoms with E-state index in [0.717, 1.165) is 24.8 Å². The number of rotatable bonds is 11. The van der Waals surface area contributed by atoms with E-state index < -0.39 is 28.4 Å². The van der Waals surface area contributed by atoms with Gasteiger partial charge in [-0.3, -0.25) is 10.1 Å². The van der Waals surface area contributed by atoms with Gasteiger partial charge in [-0.05, 0) is 37.0 Å². The molecule has 0 aromatic heterocycles. The van der Waals surface area contributed by atoms with Crippen molar-refractivity contribution in [2.45, 2.75) is 57.4 Å². The van der Waals surface area contributed by atoms with Crippen molar-refractivity contribution < 1.29 is 22.7 Å². The lowest BCUT2D eigenvalue weighted by molar-refractivity contribution is -0.121. The predicted molar refractivity (Wildman–Crippen MR) is 107 cm³/mol. The number of amides is 3. The van der Waals surface area contributed by atoms with Crippen molar-refractivity contribution in [3.63, 3.8) is 0 Å². The Morgan fingerprint density at radius 1 is 1.11 bits per heavy atom. The number of urea groups is 1. The highest BCUT2D eigenvalue weighted by Crippen LogP contribution is 2.26. The van der Waals surface area contributed by atoms with Crippen LogP contribution in [0.5, 0.6) is 5.75 Å². The summed E-state index contributed by atoms with van der Waals surface area (Å²) >= 11 is 0. The predicted octanol–water partition coefficient (Wildman–Crippen LogP) is 3.03. The Morgan fingerprint density at radius 2 is 1.79 bits per heavy atom. The molecule has 0 heterocycles. The highest BCUT2D eigenvalue weighted by Gasteiger charge is 2.24. The average Bonchev–Trinajstić information content (AvgIpc) is 2.68. The molecule has 9 heteroatoms. The fraction of sp³-hybridized carbons (Fsp3) is 0.579. The standard InChI is InChI=1S/C19H29N3O5S/c1-4-5-6-7-15(22-28(25)26)10-13-17(18(23)21-19(24)20-2)14-8-11-16(27-3)12-9-14/h8-9,11-12,15,17H,4-7,10,13H2,1-3H3,(H2,20,21,23,24). The van der Waals surface area contributed by atoms with Crippen molar-refractivity contribution in [3.05, 3.63) is 29.8 Å². The fourth-order valence-corrected chi connectivity index (χ4v) is 3.36. The largest absolute Gasteiger partial charge is 0.497 e. The maximum Gasteiger partial charge on any atom is 0.321 e. The molecule has 0 bridgehead atoms. The Labute approximate surface area is 167 Å². The van der Waals surface area contributed by atoms with Gasteiger partial charge in [0, 0.05) is 7.05 Å². The van der Waals surface area contributed by atoms with E-state index in [1.807, 2.05) is 0 Å². The first-order chi connectivity index (χ1) is 13.4. The quantitative estimate of drug-likeness (QED) is 0.543. The van der Waals surface area contributed by atoms with Crippen LogP contribution in [-0.2, 0) is 15.3 Å². The number of carbonyl (C=O) groups excluding carboxylic acids is 2. The Kier molecular flexibility index (Phi) is 10.9. The molecule has 1 rings (SSSR count). The van der Waals surface area contributed by atoms with Crippen molar-refractivity contribution >= 4 is 22.4 Å². The van der Waals surface area contributed by atoms with Crippen LogP contribution in [0.4, 0.5) is 4.79 Å². The van der Waals surface area contributed by atoms with Gasteiger partial charge in [-0.25, -0.2) is 4.79 Å². The molecule has 0 radical (unpaired) electrons. The highest BCUT2D eigenvalue weighted by molar-refractivity contribution is 7.61. The number of benzene rings is 1. The molecule has 156 valence electrons. The third-order valence-electron chi connectivity index (χ3n) is 4.46. The molecule has 0 aliphatic heterocycles. The van der Waals surface area contributed by atoms with Gasteiger partial charge in [0.05, 0.1) is 19.1 Å². The van der Waals surface area contributed by atoms with E-state index in [9.17, 15) is 18.0 Å². The van der Waals surface area contributed by atoms with Gasteiger partial charge in [0.1, 0.15) is 5.75 Å². The van der Waals surface area contributed by atoms with Crippen LogP contribution in [0.25, 0.3) is 0 Å².